The van der Waals surface area contributed by atoms with E-state index in [1.54, 1.807) is 12.1 Å². The topological polar surface area (TPSA) is 57.4 Å². The van der Waals surface area contributed by atoms with Gasteiger partial charge in [0.25, 0.3) is 0 Å². The summed E-state index contributed by atoms with van der Waals surface area (Å²) in [6.07, 6.45) is 10.0. The molecule has 218 valence electrons. The van der Waals surface area contributed by atoms with E-state index in [4.69, 9.17) is 21.4 Å². The number of halogens is 7. The summed E-state index contributed by atoms with van der Waals surface area (Å²) in [4.78, 5) is 1.97. The van der Waals surface area contributed by atoms with Gasteiger partial charge in [0.1, 0.15) is 11.5 Å². The molecule has 1 aliphatic carbocycles. The van der Waals surface area contributed by atoms with Crippen molar-refractivity contribution in [2.24, 2.45) is 10.2 Å². The van der Waals surface area contributed by atoms with Crippen molar-refractivity contribution in [3.8, 4) is 11.5 Å². The summed E-state index contributed by atoms with van der Waals surface area (Å²) >= 11 is 5.87. The van der Waals surface area contributed by atoms with E-state index >= 15 is 0 Å². The van der Waals surface area contributed by atoms with Crippen LogP contribution in [0.2, 0.25) is 5.02 Å². The second-order valence-electron chi connectivity index (χ2n) is 7.83. The summed E-state index contributed by atoms with van der Waals surface area (Å²) < 4.78 is 64.9. The van der Waals surface area contributed by atoms with Crippen molar-refractivity contribution in [2.45, 2.75) is 0 Å². The third-order valence-electron chi connectivity index (χ3n) is 4.45. The zero-order chi connectivity index (χ0) is 29.0. The molecule has 2 radical (unpaired) electrons. The summed E-state index contributed by atoms with van der Waals surface area (Å²) in [5.41, 5.74) is 2.52. The monoisotopic (exact) mass is 647 g/mol. The number of aliphatic hydroxyl groups excluding tert-OH is 1. The molecule has 3 aromatic carbocycles. The zero-order valence-corrected chi connectivity index (χ0v) is 23.6. The quantitative estimate of drug-likeness (QED) is 0.0913. The third kappa shape index (κ3) is 17.8. The van der Waals surface area contributed by atoms with Crippen molar-refractivity contribution in [1.29, 1.82) is 0 Å². The fourth-order valence-electron chi connectivity index (χ4n) is 2.71. The first-order valence-corrected chi connectivity index (χ1v) is 13.6. The van der Waals surface area contributed by atoms with Crippen LogP contribution in [0.5, 0.6) is 11.5 Å². The number of likely N-dealkylation sites (N-methyl/N-ethyl adjacent to an activating group) is 1. The Morgan fingerprint density at radius 1 is 0.825 bits per heavy atom. The molecule has 0 spiro atoms. The smallest absolute Gasteiger partial charge is 0.231 e. The molecular formula is C26H25ClF6FeN3O2P. The molecular weight excluding hydrogens is 623 g/mol. The molecule has 1 N–H and O–H groups in total. The first-order chi connectivity index (χ1) is 18.1. The van der Waals surface area contributed by atoms with E-state index in [1.165, 1.54) is 0 Å². The van der Waals surface area contributed by atoms with Crippen molar-refractivity contribution < 1.29 is 52.1 Å². The maximum atomic E-state index is 9.87. The molecule has 0 aromatic heterocycles. The minimum Gasteiger partial charge on any atom is -0.231 e. The van der Waals surface area contributed by atoms with Gasteiger partial charge >= 0.3 is 50.1 Å². The van der Waals surface area contributed by atoms with Gasteiger partial charge in [0.15, 0.2) is 0 Å². The Bertz CT molecular complexity index is 1210. The van der Waals surface area contributed by atoms with E-state index in [2.05, 4.69) is 10.2 Å². The van der Waals surface area contributed by atoms with E-state index in [0.29, 0.717) is 17.3 Å². The molecule has 0 saturated heterocycles. The molecule has 0 saturated carbocycles. The van der Waals surface area contributed by atoms with Gasteiger partial charge in [-0.1, -0.05) is 11.6 Å². The van der Waals surface area contributed by atoms with Crippen molar-refractivity contribution in [1.82, 2.24) is 0 Å². The first kappa shape index (κ1) is 35.3. The normalized spacial score (nSPS) is 13.8. The van der Waals surface area contributed by atoms with E-state index in [-0.39, 0.29) is 23.7 Å². The maximum Gasteiger partial charge on any atom is 2.00 e. The number of hydrogen-bond acceptors (Lipinski definition) is 5. The van der Waals surface area contributed by atoms with Gasteiger partial charge in [0.05, 0.1) is 18.0 Å². The van der Waals surface area contributed by atoms with Crippen LogP contribution in [0.15, 0.2) is 95.2 Å². The molecule has 14 heteroatoms. The van der Waals surface area contributed by atoms with Crippen LogP contribution in [0.1, 0.15) is 0 Å². The summed E-state index contributed by atoms with van der Waals surface area (Å²) in [5, 5.41) is 18.2. The molecule has 40 heavy (non-hydrogen) atoms. The Morgan fingerprint density at radius 3 is 1.65 bits per heavy atom. The first-order valence-electron chi connectivity index (χ1n) is 11.2. The third-order valence-corrected chi connectivity index (χ3v) is 4.70. The van der Waals surface area contributed by atoms with Crippen molar-refractivity contribution in [2.75, 3.05) is 25.1 Å². The van der Waals surface area contributed by atoms with Crippen LogP contribution in [-0.2, 0) is 17.1 Å². The number of aliphatic hydroxyl groups is 1. The molecule has 0 fully saturated rings. The zero-order valence-electron chi connectivity index (χ0n) is 20.9. The van der Waals surface area contributed by atoms with Crippen LogP contribution in [0.25, 0.3) is 0 Å². The van der Waals surface area contributed by atoms with Gasteiger partial charge in [-0.15, -0.1) is 12.8 Å². The van der Waals surface area contributed by atoms with E-state index in [0.717, 1.165) is 22.8 Å². The molecule has 0 aliphatic heterocycles. The Balaban J connectivity index is 0.000000511. The fraction of sp³-hybridized carbons (Fsp3) is 0.115. The molecule has 4 rings (SSSR count). The summed E-state index contributed by atoms with van der Waals surface area (Å²) in [5.74, 6) is 1.44. The fourth-order valence-corrected chi connectivity index (χ4v) is 2.83. The predicted octanol–water partition coefficient (Wildman–Crippen LogP) is 10.5. The van der Waals surface area contributed by atoms with Gasteiger partial charge < -0.3 is 14.7 Å². The van der Waals surface area contributed by atoms with Crippen molar-refractivity contribution >= 4 is 36.5 Å². The predicted molar refractivity (Wildman–Crippen MR) is 145 cm³/mol. The number of ether oxygens (including phenoxy) is 1. The number of anilines is 1. The van der Waals surface area contributed by atoms with Crippen LogP contribution in [0.4, 0.5) is 42.2 Å². The largest absolute Gasteiger partial charge is 2.00 e. The molecule has 1 aliphatic rings. The number of rotatable bonds is 7. The van der Waals surface area contributed by atoms with E-state index in [9.17, 15) is 25.2 Å². The minimum absolute atomic E-state index is 0. The van der Waals surface area contributed by atoms with Gasteiger partial charge in [0, 0.05) is 24.3 Å². The number of azo groups is 1. The van der Waals surface area contributed by atoms with E-state index < -0.39 is 7.81 Å². The SMILES string of the molecule is CN(CCO)c1ccc(N=Nc2ccc(Oc3ccc(Cl)cc3)cc2)cc1.F[P-](F)(F)(F)(F)F.[CH]1[CH][CH-]C=C1.[Fe+2]. The van der Waals surface area contributed by atoms with Crippen LogP contribution in [0, 0.1) is 19.3 Å². The van der Waals surface area contributed by atoms with Crippen LogP contribution in [0.3, 0.4) is 0 Å². The van der Waals surface area contributed by atoms with Gasteiger partial charge in [0.2, 0.25) is 0 Å². The van der Waals surface area contributed by atoms with Crippen LogP contribution >= 0.6 is 19.4 Å². The summed E-state index contributed by atoms with van der Waals surface area (Å²) in [6.45, 7) is 0.709. The van der Waals surface area contributed by atoms with Gasteiger partial charge in [-0.2, -0.15) is 10.2 Å². The Morgan fingerprint density at radius 2 is 1.27 bits per heavy atom. The molecule has 0 amide bonds. The Hall–Kier alpha value is -2.75. The molecule has 0 bridgehead atoms. The van der Waals surface area contributed by atoms with Crippen molar-refractivity contribution in [3.05, 3.63) is 109 Å². The average Bonchev–Trinajstić information content (AvgIpc) is 3.44. The second kappa shape index (κ2) is 14.8. The van der Waals surface area contributed by atoms with Crippen LogP contribution in [-0.4, -0.2) is 25.3 Å². The van der Waals surface area contributed by atoms with Gasteiger partial charge in [-0.3, -0.25) is 0 Å². The minimum atomic E-state index is -10.7. The molecule has 0 heterocycles. The Labute approximate surface area is 244 Å². The molecule has 5 nitrogen and oxygen atoms in total. The maximum absolute atomic E-state index is 10.7. The molecule has 3 aromatic rings. The number of benzene rings is 3. The van der Waals surface area contributed by atoms with Crippen molar-refractivity contribution in [3.63, 3.8) is 0 Å². The molecule has 0 atom stereocenters. The second-order valence-corrected chi connectivity index (χ2v) is 10.2. The number of hydrogen-bond donors (Lipinski definition) is 1. The van der Waals surface area contributed by atoms with Gasteiger partial charge in [-0.05, 0) is 72.8 Å². The summed E-state index contributed by atoms with van der Waals surface area (Å²) in [7, 11) is -8.73. The number of nitrogens with zero attached hydrogens (tertiary/aromatic N) is 3. The Kier molecular flexibility index (Phi) is 13.0. The standard InChI is InChI=1S/C21H20ClN3O2.C5H5.F6P.Fe/c1-25(14-15-26)19-8-4-17(5-9-19)23-24-18-6-12-21(13-7-18)27-20-10-2-16(22)3-11-20;1-2-4-5-3-1;1-7(2,3,4,5)6;/h2-13,26H,14-15H2,1H3;1-5H;;/q;2*-1;+2. The molecule has 0 unspecified atom stereocenters. The number of allylic oxidation sites excluding steroid dienone is 2. The van der Waals surface area contributed by atoms with E-state index in [1.807, 2.05) is 104 Å². The average molecular weight is 648 g/mol. The van der Waals surface area contributed by atoms with Crippen LogP contribution < -0.4 is 9.64 Å². The van der Waals surface area contributed by atoms with Gasteiger partial charge in [-0.25, -0.2) is 18.6 Å². The summed E-state index contributed by atoms with van der Waals surface area (Å²) in [6, 6.07) is 22.3.